The summed E-state index contributed by atoms with van der Waals surface area (Å²) >= 11 is 0. The Hall–Kier alpha value is -2.56. The summed E-state index contributed by atoms with van der Waals surface area (Å²) in [7, 11) is 0. The first kappa shape index (κ1) is 10.6. The van der Waals surface area contributed by atoms with Gasteiger partial charge in [-0.1, -0.05) is 18.2 Å². The molecule has 0 unspecified atom stereocenters. The summed E-state index contributed by atoms with van der Waals surface area (Å²) in [6.45, 7) is 1.88. The Balaban J connectivity index is 1.92. The number of carbonyl (C=O) groups excluding carboxylic acids is 1. The van der Waals surface area contributed by atoms with Gasteiger partial charge in [0, 0.05) is 28.9 Å². The fourth-order valence-corrected chi connectivity index (χ4v) is 1.93. The summed E-state index contributed by atoms with van der Waals surface area (Å²) in [5.41, 5.74) is 2.47. The Bertz CT molecular complexity index is 710. The van der Waals surface area contributed by atoms with Crippen LogP contribution >= 0.6 is 0 Å². The summed E-state index contributed by atoms with van der Waals surface area (Å²) in [5.74, 6) is 0.363. The number of para-hydroxylation sites is 1. The molecule has 0 fully saturated rings. The second-order valence-electron chi connectivity index (χ2n) is 4.14. The first-order valence-corrected chi connectivity index (χ1v) is 5.63. The molecule has 0 radical (unpaired) electrons. The van der Waals surface area contributed by atoms with Crippen LogP contribution in [-0.4, -0.2) is 21.1 Å². The van der Waals surface area contributed by atoms with Gasteiger partial charge in [-0.15, -0.1) is 0 Å². The Morgan fingerprint density at radius 3 is 2.94 bits per heavy atom. The van der Waals surface area contributed by atoms with Crippen molar-refractivity contribution in [3.05, 3.63) is 47.8 Å². The second kappa shape index (κ2) is 4.03. The number of benzene rings is 1. The Morgan fingerprint density at radius 2 is 2.17 bits per heavy atom. The molecular formula is C13H12N4O. The number of hydrogen-bond donors (Lipinski definition) is 3. The SMILES string of the molecule is Cc1cc(NC(=O)c2c[nH]c3ccccc23)n[nH]1. The molecule has 90 valence electrons. The van der Waals surface area contributed by atoms with Gasteiger partial charge in [0.05, 0.1) is 5.56 Å². The van der Waals surface area contributed by atoms with Gasteiger partial charge >= 0.3 is 0 Å². The number of anilines is 1. The van der Waals surface area contributed by atoms with E-state index >= 15 is 0 Å². The fourth-order valence-electron chi connectivity index (χ4n) is 1.93. The number of aryl methyl sites for hydroxylation is 1. The van der Waals surface area contributed by atoms with Gasteiger partial charge in [-0.25, -0.2) is 0 Å². The monoisotopic (exact) mass is 240 g/mol. The molecule has 3 aromatic rings. The van der Waals surface area contributed by atoms with Crippen LogP contribution in [-0.2, 0) is 0 Å². The molecule has 0 aliphatic heterocycles. The summed E-state index contributed by atoms with van der Waals surface area (Å²) in [6.07, 6.45) is 1.71. The molecule has 0 bridgehead atoms. The van der Waals surface area contributed by atoms with Crippen LogP contribution in [0, 0.1) is 6.92 Å². The van der Waals surface area contributed by atoms with E-state index in [1.54, 1.807) is 12.3 Å². The number of fused-ring (bicyclic) bond motifs is 1. The number of aromatic amines is 2. The third kappa shape index (κ3) is 1.75. The molecule has 2 aromatic heterocycles. The first-order chi connectivity index (χ1) is 8.74. The first-order valence-electron chi connectivity index (χ1n) is 5.63. The smallest absolute Gasteiger partial charge is 0.259 e. The van der Waals surface area contributed by atoms with Gasteiger partial charge in [-0.3, -0.25) is 9.89 Å². The highest BCUT2D eigenvalue weighted by molar-refractivity contribution is 6.12. The maximum Gasteiger partial charge on any atom is 0.259 e. The van der Waals surface area contributed by atoms with E-state index in [-0.39, 0.29) is 5.91 Å². The van der Waals surface area contributed by atoms with Crippen LogP contribution in [0.15, 0.2) is 36.5 Å². The fraction of sp³-hybridized carbons (Fsp3) is 0.0769. The molecule has 1 aromatic carbocycles. The van der Waals surface area contributed by atoms with Gasteiger partial charge in [0.2, 0.25) is 0 Å². The number of aromatic nitrogens is 3. The average Bonchev–Trinajstić information content (AvgIpc) is 2.95. The van der Waals surface area contributed by atoms with Crippen LogP contribution in [0.4, 0.5) is 5.82 Å². The van der Waals surface area contributed by atoms with Gasteiger partial charge in [-0.05, 0) is 13.0 Å². The normalized spacial score (nSPS) is 10.7. The molecule has 0 saturated carbocycles. The molecular weight excluding hydrogens is 228 g/mol. The van der Waals surface area contributed by atoms with Crippen LogP contribution in [0.1, 0.15) is 16.1 Å². The van der Waals surface area contributed by atoms with Crippen LogP contribution in [0.3, 0.4) is 0 Å². The minimum atomic E-state index is -0.168. The molecule has 5 heteroatoms. The highest BCUT2D eigenvalue weighted by atomic mass is 16.1. The lowest BCUT2D eigenvalue weighted by molar-refractivity contribution is 0.102. The van der Waals surface area contributed by atoms with Crippen molar-refractivity contribution in [1.82, 2.24) is 15.2 Å². The highest BCUT2D eigenvalue weighted by Crippen LogP contribution is 2.18. The summed E-state index contributed by atoms with van der Waals surface area (Å²) < 4.78 is 0. The van der Waals surface area contributed by atoms with Crippen LogP contribution in [0.2, 0.25) is 0 Å². The van der Waals surface area contributed by atoms with Gasteiger partial charge in [0.25, 0.3) is 5.91 Å². The number of amides is 1. The van der Waals surface area contributed by atoms with E-state index in [1.165, 1.54) is 0 Å². The Kier molecular flexibility index (Phi) is 2.37. The molecule has 18 heavy (non-hydrogen) atoms. The van der Waals surface area contributed by atoms with Gasteiger partial charge in [-0.2, -0.15) is 5.10 Å². The van der Waals surface area contributed by atoms with Crippen LogP contribution in [0.5, 0.6) is 0 Å². The largest absolute Gasteiger partial charge is 0.360 e. The topological polar surface area (TPSA) is 73.6 Å². The highest BCUT2D eigenvalue weighted by Gasteiger charge is 2.12. The van der Waals surface area contributed by atoms with Crippen LogP contribution < -0.4 is 5.32 Å². The third-order valence-corrected chi connectivity index (χ3v) is 2.78. The minimum absolute atomic E-state index is 0.168. The zero-order valence-electron chi connectivity index (χ0n) is 9.82. The van der Waals surface area contributed by atoms with Crippen molar-refractivity contribution in [3.63, 3.8) is 0 Å². The molecule has 0 aliphatic carbocycles. The lowest BCUT2D eigenvalue weighted by atomic mass is 10.1. The molecule has 1 amide bonds. The van der Waals surface area contributed by atoms with E-state index < -0.39 is 0 Å². The van der Waals surface area contributed by atoms with Crippen molar-refractivity contribution < 1.29 is 4.79 Å². The van der Waals surface area contributed by atoms with Crippen molar-refractivity contribution >= 4 is 22.6 Å². The van der Waals surface area contributed by atoms with Gasteiger partial charge in [0.15, 0.2) is 5.82 Å². The van der Waals surface area contributed by atoms with Crippen molar-refractivity contribution in [3.8, 4) is 0 Å². The number of nitrogens with one attached hydrogen (secondary N) is 3. The molecule has 3 rings (SSSR count). The molecule has 5 nitrogen and oxygen atoms in total. The molecule has 3 N–H and O–H groups in total. The van der Waals surface area contributed by atoms with Crippen LogP contribution in [0.25, 0.3) is 10.9 Å². The predicted octanol–water partition coefficient (Wildman–Crippen LogP) is 2.45. The molecule has 0 saturated heterocycles. The zero-order valence-corrected chi connectivity index (χ0v) is 9.82. The summed E-state index contributed by atoms with van der Waals surface area (Å²) in [5, 5.41) is 10.4. The van der Waals surface area contributed by atoms with Crippen molar-refractivity contribution in [2.24, 2.45) is 0 Å². The number of rotatable bonds is 2. The lowest BCUT2D eigenvalue weighted by Gasteiger charge is -1.99. The van der Waals surface area contributed by atoms with E-state index in [2.05, 4.69) is 20.5 Å². The predicted molar refractivity (Wildman–Crippen MR) is 69.6 cm³/mol. The van der Waals surface area contributed by atoms with Gasteiger partial charge in [0.1, 0.15) is 0 Å². The maximum atomic E-state index is 12.1. The van der Waals surface area contributed by atoms with Crippen molar-refractivity contribution in [2.45, 2.75) is 6.92 Å². The third-order valence-electron chi connectivity index (χ3n) is 2.78. The van der Waals surface area contributed by atoms with Gasteiger partial charge < -0.3 is 10.3 Å². The minimum Gasteiger partial charge on any atom is -0.360 e. The van der Waals surface area contributed by atoms with E-state index in [1.807, 2.05) is 31.2 Å². The zero-order chi connectivity index (χ0) is 12.5. The number of H-pyrrole nitrogens is 2. The number of carbonyl (C=O) groups is 1. The summed E-state index contributed by atoms with van der Waals surface area (Å²) in [4.78, 5) is 15.2. The Morgan fingerprint density at radius 1 is 1.33 bits per heavy atom. The quantitative estimate of drug-likeness (QED) is 0.643. The molecule has 0 spiro atoms. The maximum absolute atomic E-state index is 12.1. The van der Waals surface area contributed by atoms with E-state index in [9.17, 15) is 4.79 Å². The standard InChI is InChI=1S/C13H12N4O/c1-8-6-12(17-16-8)15-13(18)10-7-14-11-5-3-2-4-9(10)11/h2-7,14H,1H3,(H2,15,16,17,18). The van der Waals surface area contributed by atoms with E-state index in [0.717, 1.165) is 16.6 Å². The number of nitrogens with zero attached hydrogens (tertiary/aromatic N) is 1. The number of hydrogen-bond acceptors (Lipinski definition) is 2. The van der Waals surface area contributed by atoms with Crippen molar-refractivity contribution in [1.29, 1.82) is 0 Å². The average molecular weight is 240 g/mol. The second-order valence-corrected chi connectivity index (χ2v) is 4.14. The molecule has 0 atom stereocenters. The van der Waals surface area contributed by atoms with E-state index in [0.29, 0.717) is 11.4 Å². The summed E-state index contributed by atoms with van der Waals surface area (Å²) in [6, 6.07) is 9.47. The lowest BCUT2D eigenvalue weighted by Crippen LogP contribution is -2.11. The van der Waals surface area contributed by atoms with E-state index in [4.69, 9.17) is 0 Å². The Labute approximate surface area is 103 Å². The molecule has 0 aliphatic rings. The van der Waals surface area contributed by atoms with Crippen molar-refractivity contribution in [2.75, 3.05) is 5.32 Å². The molecule has 2 heterocycles.